The van der Waals surface area contributed by atoms with Gasteiger partial charge in [-0.25, -0.2) is 0 Å². The van der Waals surface area contributed by atoms with Crippen LogP contribution in [0.3, 0.4) is 0 Å². The van der Waals surface area contributed by atoms with Crippen LogP contribution in [0.15, 0.2) is 36.5 Å². The minimum atomic E-state index is -0.596. The number of nitrogens with zero attached hydrogens (tertiary/aromatic N) is 1. The number of hydrogen-bond donors (Lipinski definition) is 1. The van der Waals surface area contributed by atoms with Crippen LogP contribution >= 0.6 is 0 Å². The minimum absolute atomic E-state index is 0.226. The number of aliphatic hydroxyl groups is 1. The molecule has 112 valence electrons. The lowest BCUT2D eigenvalue weighted by Crippen LogP contribution is -2.05. The van der Waals surface area contributed by atoms with Crippen molar-refractivity contribution in [2.45, 2.75) is 19.6 Å². The Morgan fingerprint density at radius 3 is 2.52 bits per heavy atom. The molecule has 0 fully saturated rings. The molecule has 0 aliphatic heterocycles. The predicted octanol–water partition coefficient (Wildman–Crippen LogP) is 2.73. The molecule has 0 bridgehead atoms. The van der Waals surface area contributed by atoms with Crippen LogP contribution in [0.5, 0.6) is 17.2 Å². The number of aliphatic hydroxyl groups excluding tert-OH is 1. The Morgan fingerprint density at radius 1 is 1.10 bits per heavy atom. The molecule has 0 aliphatic rings. The Kier molecular flexibility index (Phi) is 5.00. The number of ether oxygens (including phenoxy) is 3. The maximum atomic E-state index is 9.74. The van der Waals surface area contributed by atoms with Crippen LogP contribution in [-0.2, 0) is 6.61 Å². The molecule has 0 amide bonds. The number of hydrogen-bond acceptors (Lipinski definition) is 5. The zero-order valence-corrected chi connectivity index (χ0v) is 12.4. The van der Waals surface area contributed by atoms with E-state index in [1.807, 2.05) is 24.3 Å². The van der Waals surface area contributed by atoms with Crippen molar-refractivity contribution in [3.63, 3.8) is 0 Å². The zero-order chi connectivity index (χ0) is 15.2. The Hall–Kier alpha value is -2.27. The zero-order valence-electron chi connectivity index (χ0n) is 12.4. The molecule has 1 aromatic carbocycles. The highest BCUT2D eigenvalue weighted by atomic mass is 16.5. The number of methoxy groups -OCH3 is 2. The van der Waals surface area contributed by atoms with Crippen molar-refractivity contribution >= 4 is 0 Å². The predicted molar refractivity (Wildman–Crippen MR) is 78.7 cm³/mol. The van der Waals surface area contributed by atoms with Crippen molar-refractivity contribution in [1.29, 1.82) is 0 Å². The van der Waals surface area contributed by atoms with Gasteiger partial charge in [0.15, 0.2) is 11.5 Å². The van der Waals surface area contributed by atoms with E-state index in [0.29, 0.717) is 22.9 Å². The third kappa shape index (κ3) is 3.44. The fourth-order valence-electron chi connectivity index (χ4n) is 2.06. The van der Waals surface area contributed by atoms with Crippen molar-refractivity contribution < 1.29 is 19.3 Å². The van der Waals surface area contributed by atoms with Crippen LogP contribution in [0.4, 0.5) is 0 Å². The van der Waals surface area contributed by atoms with E-state index < -0.39 is 6.10 Å². The van der Waals surface area contributed by atoms with Crippen LogP contribution in [0.2, 0.25) is 0 Å². The van der Waals surface area contributed by atoms with E-state index >= 15 is 0 Å². The third-order valence-corrected chi connectivity index (χ3v) is 3.10. The maximum Gasteiger partial charge on any atom is 0.185 e. The highest BCUT2D eigenvalue weighted by Crippen LogP contribution is 2.31. The Labute approximate surface area is 124 Å². The third-order valence-electron chi connectivity index (χ3n) is 3.10. The summed E-state index contributed by atoms with van der Waals surface area (Å²) in [6.07, 6.45) is 1.04. The van der Waals surface area contributed by atoms with Gasteiger partial charge in [-0.2, -0.15) is 0 Å². The minimum Gasteiger partial charge on any atom is -0.493 e. The highest BCUT2D eigenvalue weighted by Gasteiger charge is 2.13. The molecule has 0 saturated carbocycles. The summed E-state index contributed by atoms with van der Waals surface area (Å²) in [4.78, 5) is 4.26. The first-order valence-corrected chi connectivity index (χ1v) is 6.63. The molecule has 0 aliphatic carbocycles. The molecule has 2 aromatic rings. The van der Waals surface area contributed by atoms with E-state index in [9.17, 15) is 5.11 Å². The molecular weight excluding hydrogens is 270 g/mol. The SMILES string of the molecule is COc1ccnc(COc2ccccc2[C@H](C)O)c1OC. The summed E-state index contributed by atoms with van der Waals surface area (Å²) in [6, 6.07) is 9.09. The first-order valence-electron chi connectivity index (χ1n) is 6.63. The molecule has 0 spiro atoms. The second-order valence-electron chi connectivity index (χ2n) is 4.50. The first kappa shape index (κ1) is 15.1. The van der Waals surface area contributed by atoms with Crippen molar-refractivity contribution in [3.05, 3.63) is 47.8 Å². The molecule has 0 saturated heterocycles. The summed E-state index contributed by atoms with van der Waals surface area (Å²) in [5.74, 6) is 1.78. The molecule has 1 atom stereocenters. The number of para-hydroxylation sites is 1. The molecule has 1 aromatic heterocycles. The fourth-order valence-corrected chi connectivity index (χ4v) is 2.06. The van der Waals surface area contributed by atoms with E-state index in [1.54, 1.807) is 33.4 Å². The summed E-state index contributed by atoms with van der Waals surface area (Å²) in [5.41, 5.74) is 1.37. The standard InChI is InChI=1S/C16H19NO4/c1-11(18)12-6-4-5-7-14(12)21-10-13-16(20-3)15(19-2)8-9-17-13/h4-9,11,18H,10H2,1-3H3/t11-/m0/s1. The van der Waals surface area contributed by atoms with Crippen molar-refractivity contribution in [3.8, 4) is 17.2 Å². The lowest BCUT2D eigenvalue weighted by atomic mass is 10.1. The number of rotatable bonds is 6. The Balaban J connectivity index is 2.21. The lowest BCUT2D eigenvalue weighted by molar-refractivity contribution is 0.189. The van der Waals surface area contributed by atoms with Gasteiger partial charge in [-0.05, 0) is 13.0 Å². The average Bonchev–Trinajstić information content (AvgIpc) is 2.52. The summed E-state index contributed by atoms with van der Waals surface area (Å²) in [7, 11) is 3.14. The second kappa shape index (κ2) is 6.95. The number of aromatic nitrogens is 1. The van der Waals surface area contributed by atoms with Crippen molar-refractivity contribution in [1.82, 2.24) is 4.98 Å². The number of pyridine rings is 1. The van der Waals surface area contributed by atoms with Gasteiger partial charge in [0.05, 0.1) is 20.3 Å². The molecule has 21 heavy (non-hydrogen) atoms. The van der Waals surface area contributed by atoms with Gasteiger partial charge in [0.2, 0.25) is 0 Å². The Bertz CT molecular complexity index is 599. The molecule has 5 nitrogen and oxygen atoms in total. The van der Waals surface area contributed by atoms with Gasteiger partial charge in [0, 0.05) is 17.8 Å². The summed E-state index contributed by atoms with van der Waals surface area (Å²) >= 11 is 0. The molecule has 0 radical (unpaired) electrons. The van der Waals surface area contributed by atoms with Crippen LogP contribution in [0, 0.1) is 0 Å². The summed E-state index contributed by atoms with van der Waals surface area (Å²) in [5, 5.41) is 9.74. The van der Waals surface area contributed by atoms with E-state index in [-0.39, 0.29) is 6.61 Å². The van der Waals surface area contributed by atoms with Crippen molar-refractivity contribution in [2.24, 2.45) is 0 Å². The topological polar surface area (TPSA) is 60.8 Å². The maximum absolute atomic E-state index is 9.74. The summed E-state index contributed by atoms with van der Waals surface area (Å²) in [6.45, 7) is 1.93. The van der Waals surface area contributed by atoms with Crippen molar-refractivity contribution in [2.75, 3.05) is 14.2 Å². The highest BCUT2D eigenvalue weighted by molar-refractivity contribution is 5.43. The average molecular weight is 289 g/mol. The van der Waals surface area contributed by atoms with Gasteiger partial charge in [0.25, 0.3) is 0 Å². The monoisotopic (exact) mass is 289 g/mol. The lowest BCUT2D eigenvalue weighted by Gasteiger charge is -2.15. The largest absolute Gasteiger partial charge is 0.493 e. The van der Waals surface area contributed by atoms with E-state index in [4.69, 9.17) is 14.2 Å². The fraction of sp³-hybridized carbons (Fsp3) is 0.312. The van der Waals surface area contributed by atoms with Gasteiger partial charge in [-0.1, -0.05) is 18.2 Å². The summed E-state index contributed by atoms with van der Waals surface area (Å²) < 4.78 is 16.3. The molecule has 2 rings (SSSR count). The molecule has 5 heteroatoms. The van der Waals surface area contributed by atoms with E-state index in [1.165, 1.54) is 0 Å². The van der Waals surface area contributed by atoms with Gasteiger partial charge in [0.1, 0.15) is 18.1 Å². The smallest absolute Gasteiger partial charge is 0.185 e. The first-order chi connectivity index (χ1) is 10.2. The molecule has 1 N–H and O–H groups in total. The van der Waals surface area contributed by atoms with Crippen LogP contribution in [0.1, 0.15) is 24.3 Å². The van der Waals surface area contributed by atoms with Crippen LogP contribution in [0.25, 0.3) is 0 Å². The molecule has 0 unspecified atom stereocenters. The van der Waals surface area contributed by atoms with E-state index in [2.05, 4.69) is 4.98 Å². The molecule has 1 heterocycles. The Morgan fingerprint density at radius 2 is 1.86 bits per heavy atom. The molecular formula is C16H19NO4. The normalized spacial score (nSPS) is 11.8. The second-order valence-corrected chi connectivity index (χ2v) is 4.50. The van der Waals surface area contributed by atoms with Gasteiger partial charge in [-0.15, -0.1) is 0 Å². The number of benzene rings is 1. The van der Waals surface area contributed by atoms with Gasteiger partial charge in [-0.3, -0.25) is 4.98 Å². The van der Waals surface area contributed by atoms with Crippen LogP contribution in [-0.4, -0.2) is 24.3 Å². The van der Waals surface area contributed by atoms with Gasteiger partial charge < -0.3 is 19.3 Å². The van der Waals surface area contributed by atoms with Gasteiger partial charge >= 0.3 is 0 Å². The quantitative estimate of drug-likeness (QED) is 0.886. The van der Waals surface area contributed by atoms with Crippen LogP contribution < -0.4 is 14.2 Å². The van der Waals surface area contributed by atoms with E-state index in [0.717, 1.165) is 5.56 Å².